The first-order valence-corrected chi connectivity index (χ1v) is 10.1. The molecule has 2 heterocycles. The van der Waals surface area contributed by atoms with E-state index >= 15 is 0 Å². The van der Waals surface area contributed by atoms with Crippen molar-refractivity contribution in [3.05, 3.63) is 47.3 Å². The Hall–Kier alpha value is -1.48. The van der Waals surface area contributed by atoms with Crippen molar-refractivity contribution in [2.24, 2.45) is 4.99 Å². The average molecular weight is 500 g/mol. The monoisotopic (exact) mass is 500 g/mol. The molecule has 1 aliphatic heterocycles. The maximum Gasteiger partial charge on any atom is 0.191 e. The number of aliphatic imine (C=N–C) groups is 1. The number of anilines is 1. The lowest BCUT2D eigenvalue weighted by Gasteiger charge is -2.33. The van der Waals surface area contributed by atoms with Gasteiger partial charge in [-0.3, -0.25) is 0 Å². The van der Waals surface area contributed by atoms with Crippen molar-refractivity contribution in [3.8, 4) is 5.75 Å². The summed E-state index contributed by atoms with van der Waals surface area (Å²) in [5.41, 5.74) is 1.18. The van der Waals surface area contributed by atoms with Gasteiger partial charge in [-0.25, -0.2) is 4.99 Å². The lowest BCUT2D eigenvalue weighted by atomic mass is 10.1. The van der Waals surface area contributed by atoms with Crippen LogP contribution >= 0.6 is 35.3 Å². The van der Waals surface area contributed by atoms with E-state index in [0.29, 0.717) is 12.6 Å². The van der Waals surface area contributed by atoms with E-state index in [2.05, 4.69) is 52.1 Å². The molecule has 0 radical (unpaired) electrons. The van der Waals surface area contributed by atoms with Gasteiger partial charge in [0.1, 0.15) is 5.75 Å². The van der Waals surface area contributed by atoms with Crippen LogP contribution in [0.4, 0.5) is 5.00 Å². The molecule has 3 rings (SSSR count). The smallest absolute Gasteiger partial charge is 0.191 e. The molecule has 1 aromatic carbocycles. The Balaban J connectivity index is 0.00000261. The van der Waals surface area contributed by atoms with Gasteiger partial charge in [0.25, 0.3) is 0 Å². The van der Waals surface area contributed by atoms with E-state index in [1.807, 2.05) is 23.5 Å². The molecule has 0 bridgehead atoms. The molecule has 2 N–H and O–H groups in total. The maximum atomic E-state index is 5.21. The number of ether oxygens (including phenoxy) is 1. The Morgan fingerprint density at radius 3 is 2.56 bits per heavy atom. The molecule has 1 aromatic heterocycles. The number of piperidine rings is 1. The summed E-state index contributed by atoms with van der Waals surface area (Å²) in [6, 6.07) is 12.9. The third kappa shape index (κ3) is 6.57. The van der Waals surface area contributed by atoms with Gasteiger partial charge < -0.3 is 20.3 Å². The number of rotatable bonds is 6. The fourth-order valence-corrected chi connectivity index (χ4v) is 3.89. The highest BCUT2D eigenvalue weighted by Crippen LogP contribution is 2.24. The van der Waals surface area contributed by atoms with Crippen LogP contribution in [-0.2, 0) is 6.54 Å². The van der Waals surface area contributed by atoms with Gasteiger partial charge >= 0.3 is 0 Å². The van der Waals surface area contributed by atoms with Crippen LogP contribution in [0.5, 0.6) is 5.75 Å². The first kappa shape index (κ1) is 21.8. The van der Waals surface area contributed by atoms with Crippen molar-refractivity contribution in [2.75, 3.05) is 31.6 Å². The highest BCUT2D eigenvalue weighted by Gasteiger charge is 2.20. The number of nitrogens with one attached hydrogen (secondary N) is 2. The van der Waals surface area contributed by atoms with Crippen molar-refractivity contribution in [3.63, 3.8) is 0 Å². The Morgan fingerprint density at radius 1 is 1.22 bits per heavy atom. The van der Waals surface area contributed by atoms with Crippen molar-refractivity contribution >= 4 is 46.3 Å². The van der Waals surface area contributed by atoms with Crippen LogP contribution in [0.3, 0.4) is 0 Å². The standard InChI is InChI=1S/C20H28N4OS.HI/c1-3-21-20(22-15-16-6-8-18(25-2)9-7-16)23-17-10-12-24(13-11-17)19-5-4-14-26-19;/h4-9,14,17H,3,10-13,15H2,1-2H3,(H2,21,22,23);1H. The predicted octanol–water partition coefficient (Wildman–Crippen LogP) is 4.10. The number of guanidine groups is 1. The van der Waals surface area contributed by atoms with Crippen molar-refractivity contribution in [1.29, 1.82) is 0 Å². The summed E-state index contributed by atoms with van der Waals surface area (Å²) < 4.78 is 5.21. The average Bonchev–Trinajstić information content (AvgIpc) is 3.22. The number of methoxy groups -OCH3 is 1. The molecule has 27 heavy (non-hydrogen) atoms. The third-order valence-corrected chi connectivity index (χ3v) is 5.51. The Labute approximate surface area is 183 Å². The molecular formula is C20H29IN4OS. The zero-order valence-electron chi connectivity index (χ0n) is 16.0. The van der Waals surface area contributed by atoms with E-state index in [4.69, 9.17) is 9.73 Å². The van der Waals surface area contributed by atoms with Crippen LogP contribution in [0.15, 0.2) is 46.8 Å². The summed E-state index contributed by atoms with van der Waals surface area (Å²) in [5.74, 6) is 1.78. The quantitative estimate of drug-likeness (QED) is 0.356. The second-order valence-corrected chi connectivity index (χ2v) is 7.33. The summed E-state index contributed by atoms with van der Waals surface area (Å²) in [7, 11) is 1.68. The molecule has 0 saturated carbocycles. The molecule has 0 atom stereocenters. The van der Waals surface area contributed by atoms with Gasteiger partial charge in [-0.05, 0) is 55.0 Å². The van der Waals surface area contributed by atoms with Crippen LogP contribution in [-0.4, -0.2) is 38.7 Å². The van der Waals surface area contributed by atoms with Crippen LogP contribution in [0.25, 0.3) is 0 Å². The highest BCUT2D eigenvalue weighted by molar-refractivity contribution is 14.0. The summed E-state index contributed by atoms with van der Waals surface area (Å²) in [6.45, 7) is 5.81. The first-order valence-electron chi connectivity index (χ1n) is 9.24. The summed E-state index contributed by atoms with van der Waals surface area (Å²) in [6.07, 6.45) is 2.26. The molecule has 0 amide bonds. The molecule has 1 fully saturated rings. The predicted molar refractivity (Wildman–Crippen MR) is 126 cm³/mol. The Bertz CT molecular complexity index is 683. The molecule has 2 aromatic rings. The normalized spacial score (nSPS) is 15.2. The Morgan fingerprint density at radius 2 is 1.96 bits per heavy atom. The number of hydrogen-bond donors (Lipinski definition) is 2. The van der Waals surface area contributed by atoms with Gasteiger partial charge in [0, 0.05) is 25.7 Å². The largest absolute Gasteiger partial charge is 0.497 e. The van der Waals surface area contributed by atoms with Crippen LogP contribution in [0.2, 0.25) is 0 Å². The fourth-order valence-electron chi connectivity index (χ4n) is 3.11. The van der Waals surface area contributed by atoms with E-state index in [0.717, 1.165) is 44.2 Å². The van der Waals surface area contributed by atoms with Gasteiger partial charge in [0.15, 0.2) is 5.96 Å². The van der Waals surface area contributed by atoms with Gasteiger partial charge in [-0.1, -0.05) is 12.1 Å². The molecule has 1 aliphatic rings. The number of thiophene rings is 1. The molecule has 0 aliphatic carbocycles. The molecule has 7 heteroatoms. The molecular weight excluding hydrogens is 471 g/mol. The van der Waals surface area contributed by atoms with E-state index in [-0.39, 0.29) is 24.0 Å². The lowest BCUT2D eigenvalue weighted by Crippen LogP contribution is -2.48. The van der Waals surface area contributed by atoms with Crippen LogP contribution in [0.1, 0.15) is 25.3 Å². The number of benzene rings is 1. The van der Waals surface area contributed by atoms with Gasteiger partial charge in [0.05, 0.1) is 18.7 Å². The van der Waals surface area contributed by atoms with E-state index in [1.165, 1.54) is 10.6 Å². The van der Waals surface area contributed by atoms with Crippen molar-refractivity contribution < 1.29 is 4.74 Å². The number of halogens is 1. The highest BCUT2D eigenvalue weighted by atomic mass is 127. The minimum absolute atomic E-state index is 0. The van der Waals surface area contributed by atoms with Gasteiger partial charge in [0.2, 0.25) is 0 Å². The van der Waals surface area contributed by atoms with Gasteiger partial charge in [-0.15, -0.1) is 35.3 Å². The SMILES string of the molecule is CCNC(=NCc1ccc(OC)cc1)NC1CCN(c2cccs2)CC1.I. The zero-order chi connectivity index (χ0) is 18.2. The third-order valence-electron chi connectivity index (χ3n) is 4.58. The number of nitrogens with zero attached hydrogens (tertiary/aromatic N) is 2. The molecule has 1 saturated heterocycles. The lowest BCUT2D eigenvalue weighted by molar-refractivity contribution is 0.414. The van der Waals surface area contributed by atoms with E-state index < -0.39 is 0 Å². The van der Waals surface area contributed by atoms with Crippen molar-refractivity contribution in [2.45, 2.75) is 32.4 Å². The van der Waals surface area contributed by atoms with Crippen molar-refractivity contribution in [1.82, 2.24) is 10.6 Å². The minimum Gasteiger partial charge on any atom is -0.497 e. The molecule has 0 spiro atoms. The molecule has 5 nitrogen and oxygen atoms in total. The minimum atomic E-state index is 0. The second kappa shape index (κ2) is 11.4. The fraction of sp³-hybridized carbons (Fsp3) is 0.450. The maximum absolute atomic E-state index is 5.21. The second-order valence-electron chi connectivity index (χ2n) is 6.40. The zero-order valence-corrected chi connectivity index (χ0v) is 19.1. The summed E-state index contributed by atoms with van der Waals surface area (Å²) in [4.78, 5) is 7.22. The molecule has 0 unspecified atom stereocenters. The van der Waals surface area contributed by atoms with E-state index in [1.54, 1.807) is 7.11 Å². The topological polar surface area (TPSA) is 48.9 Å². The van der Waals surface area contributed by atoms with Crippen LogP contribution in [0, 0.1) is 0 Å². The number of hydrogen-bond acceptors (Lipinski definition) is 4. The van der Waals surface area contributed by atoms with Gasteiger partial charge in [-0.2, -0.15) is 0 Å². The van der Waals surface area contributed by atoms with Crippen LogP contribution < -0.4 is 20.3 Å². The first-order chi connectivity index (χ1) is 12.8. The Kier molecular flexibility index (Phi) is 9.20. The summed E-state index contributed by atoms with van der Waals surface area (Å²) >= 11 is 1.82. The van der Waals surface area contributed by atoms with E-state index in [9.17, 15) is 0 Å². The summed E-state index contributed by atoms with van der Waals surface area (Å²) in [5, 5.41) is 10.5. The molecule has 148 valence electrons.